The molecule has 0 saturated carbocycles. The summed E-state index contributed by atoms with van der Waals surface area (Å²) in [6.45, 7) is 8.07. The Hall–Kier alpha value is -0.940. The first-order chi connectivity index (χ1) is 7.32. The minimum atomic E-state index is -0.807. The van der Waals surface area contributed by atoms with E-state index in [4.69, 9.17) is 5.11 Å². The van der Waals surface area contributed by atoms with Crippen molar-refractivity contribution in [3.63, 3.8) is 0 Å². The van der Waals surface area contributed by atoms with Crippen molar-refractivity contribution in [3.8, 4) is 0 Å². The lowest BCUT2D eigenvalue weighted by Gasteiger charge is -2.38. The van der Waals surface area contributed by atoms with Gasteiger partial charge in [0.2, 0.25) is 0 Å². The molecule has 1 aromatic heterocycles. The lowest BCUT2D eigenvalue weighted by molar-refractivity contribution is -0.140. The van der Waals surface area contributed by atoms with Crippen LogP contribution in [0.4, 0.5) is 0 Å². The number of carboxylic acids is 1. The standard InChI is InChI=1S/C11H18N2O2S/c1-8(10-12-5-6-16-10)13(7-9(14)15)11(2,3)4/h5-6,8H,7H2,1-4H3,(H,14,15). The van der Waals surface area contributed by atoms with Crippen LogP contribution >= 0.6 is 11.3 Å². The number of carboxylic acid groups (broad SMARTS) is 1. The molecule has 0 fully saturated rings. The molecular weight excluding hydrogens is 224 g/mol. The molecule has 0 amide bonds. The number of carbonyl (C=O) groups is 1. The molecule has 90 valence electrons. The van der Waals surface area contributed by atoms with Gasteiger partial charge in [-0.15, -0.1) is 11.3 Å². The number of nitrogens with zero attached hydrogens (tertiary/aromatic N) is 2. The van der Waals surface area contributed by atoms with Gasteiger partial charge in [0.25, 0.3) is 0 Å². The largest absolute Gasteiger partial charge is 0.480 e. The van der Waals surface area contributed by atoms with Crippen LogP contribution in [-0.4, -0.2) is 33.0 Å². The third kappa shape index (κ3) is 3.28. The summed E-state index contributed by atoms with van der Waals surface area (Å²) in [6.07, 6.45) is 1.75. The molecular formula is C11H18N2O2S. The number of rotatable bonds is 4. The maximum Gasteiger partial charge on any atom is 0.317 e. The molecule has 0 aliphatic rings. The van der Waals surface area contributed by atoms with Crippen LogP contribution in [0.1, 0.15) is 38.7 Å². The Bertz CT molecular complexity index is 343. The van der Waals surface area contributed by atoms with Crippen LogP contribution in [0.25, 0.3) is 0 Å². The molecule has 5 heteroatoms. The summed E-state index contributed by atoms with van der Waals surface area (Å²) in [5.74, 6) is -0.807. The molecule has 1 heterocycles. The van der Waals surface area contributed by atoms with Gasteiger partial charge in [0.1, 0.15) is 5.01 Å². The van der Waals surface area contributed by atoms with E-state index in [2.05, 4.69) is 4.98 Å². The normalized spacial score (nSPS) is 14.1. The first-order valence-corrected chi connectivity index (χ1v) is 6.08. The van der Waals surface area contributed by atoms with E-state index in [0.29, 0.717) is 0 Å². The van der Waals surface area contributed by atoms with Gasteiger partial charge in [-0.2, -0.15) is 0 Å². The summed E-state index contributed by atoms with van der Waals surface area (Å²) in [6, 6.07) is 0.0242. The summed E-state index contributed by atoms with van der Waals surface area (Å²) in [5.41, 5.74) is -0.191. The van der Waals surface area contributed by atoms with Crippen molar-refractivity contribution in [2.45, 2.75) is 39.3 Å². The fourth-order valence-corrected chi connectivity index (χ4v) is 2.38. The van der Waals surface area contributed by atoms with Gasteiger partial charge in [0.05, 0.1) is 12.6 Å². The Kier molecular flexibility index (Phi) is 4.04. The summed E-state index contributed by atoms with van der Waals surface area (Å²) in [7, 11) is 0. The van der Waals surface area contributed by atoms with Crippen LogP contribution in [0.15, 0.2) is 11.6 Å². The van der Waals surface area contributed by atoms with Crippen molar-refractivity contribution in [1.29, 1.82) is 0 Å². The molecule has 0 radical (unpaired) electrons. The SMILES string of the molecule is CC(c1nccs1)N(CC(=O)O)C(C)(C)C. The second kappa shape index (κ2) is 4.93. The summed E-state index contributed by atoms with van der Waals surface area (Å²) in [4.78, 5) is 17.1. The predicted molar refractivity (Wildman–Crippen MR) is 64.6 cm³/mol. The Morgan fingerprint density at radius 2 is 2.25 bits per heavy atom. The number of aromatic nitrogens is 1. The summed E-state index contributed by atoms with van der Waals surface area (Å²) in [5, 5.41) is 11.8. The molecule has 0 spiro atoms. The number of aliphatic carboxylic acids is 1. The second-order valence-electron chi connectivity index (χ2n) is 4.74. The van der Waals surface area contributed by atoms with Crippen LogP contribution in [0.3, 0.4) is 0 Å². The van der Waals surface area contributed by atoms with E-state index in [0.717, 1.165) is 5.01 Å². The molecule has 0 aromatic carbocycles. The lowest BCUT2D eigenvalue weighted by atomic mass is 10.0. The molecule has 1 aromatic rings. The molecule has 0 saturated heterocycles. The molecule has 16 heavy (non-hydrogen) atoms. The first-order valence-electron chi connectivity index (χ1n) is 5.20. The van der Waals surface area contributed by atoms with Gasteiger partial charge in [0.15, 0.2) is 0 Å². The van der Waals surface area contributed by atoms with Gasteiger partial charge >= 0.3 is 5.97 Å². The average Bonchev–Trinajstić information content (AvgIpc) is 2.63. The predicted octanol–water partition coefficient (Wildman–Crippen LogP) is 2.39. The van der Waals surface area contributed by atoms with E-state index in [9.17, 15) is 4.79 Å². The van der Waals surface area contributed by atoms with E-state index in [1.807, 2.05) is 38.0 Å². The quantitative estimate of drug-likeness (QED) is 0.880. The minimum Gasteiger partial charge on any atom is -0.480 e. The van der Waals surface area contributed by atoms with Crippen molar-refractivity contribution in [2.75, 3.05) is 6.54 Å². The third-order valence-electron chi connectivity index (χ3n) is 2.44. The van der Waals surface area contributed by atoms with Gasteiger partial charge < -0.3 is 5.11 Å². The van der Waals surface area contributed by atoms with Crippen LogP contribution in [-0.2, 0) is 4.79 Å². The Morgan fingerprint density at radius 3 is 2.62 bits per heavy atom. The Morgan fingerprint density at radius 1 is 1.62 bits per heavy atom. The van der Waals surface area contributed by atoms with Gasteiger partial charge in [-0.25, -0.2) is 4.98 Å². The van der Waals surface area contributed by atoms with E-state index < -0.39 is 5.97 Å². The topological polar surface area (TPSA) is 53.4 Å². The average molecular weight is 242 g/mol. The van der Waals surface area contributed by atoms with Gasteiger partial charge in [-0.3, -0.25) is 9.69 Å². The lowest BCUT2D eigenvalue weighted by Crippen LogP contribution is -2.45. The summed E-state index contributed by atoms with van der Waals surface area (Å²) < 4.78 is 0. The molecule has 0 aliphatic heterocycles. The molecule has 1 rings (SSSR count). The highest BCUT2D eigenvalue weighted by atomic mass is 32.1. The molecule has 0 aliphatic carbocycles. The Balaban J connectivity index is 2.89. The van der Waals surface area contributed by atoms with E-state index in [1.54, 1.807) is 17.5 Å². The summed E-state index contributed by atoms with van der Waals surface area (Å²) >= 11 is 1.56. The zero-order chi connectivity index (χ0) is 12.3. The molecule has 1 unspecified atom stereocenters. The smallest absolute Gasteiger partial charge is 0.317 e. The van der Waals surface area contributed by atoms with Crippen molar-refractivity contribution in [1.82, 2.24) is 9.88 Å². The number of thiazole rings is 1. The van der Waals surface area contributed by atoms with Crippen molar-refractivity contribution < 1.29 is 9.90 Å². The van der Waals surface area contributed by atoms with Gasteiger partial charge in [-0.05, 0) is 27.7 Å². The molecule has 1 N–H and O–H groups in total. The van der Waals surface area contributed by atoms with Crippen LogP contribution in [0, 0.1) is 0 Å². The van der Waals surface area contributed by atoms with E-state index >= 15 is 0 Å². The van der Waals surface area contributed by atoms with Crippen molar-refractivity contribution >= 4 is 17.3 Å². The van der Waals surface area contributed by atoms with E-state index in [1.165, 1.54) is 0 Å². The molecule has 0 bridgehead atoms. The highest BCUT2D eigenvalue weighted by molar-refractivity contribution is 7.09. The van der Waals surface area contributed by atoms with Crippen LogP contribution in [0.5, 0.6) is 0 Å². The molecule has 1 atom stereocenters. The van der Waals surface area contributed by atoms with E-state index in [-0.39, 0.29) is 18.1 Å². The van der Waals surface area contributed by atoms with Crippen LogP contribution in [0.2, 0.25) is 0 Å². The van der Waals surface area contributed by atoms with Crippen molar-refractivity contribution in [2.24, 2.45) is 0 Å². The third-order valence-corrected chi connectivity index (χ3v) is 3.39. The number of hydrogen-bond acceptors (Lipinski definition) is 4. The second-order valence-corrected chi connectivity index (χ2v) is 5.66. The minimum absolute atomic E-state index is 0.0242. The van der Waals surface area contributed by atoms with Gasteiger partial charge in [-0.1, -0.05) is 0 Å². The highest BCUT2D eigenvalue weighted by Gasteiger charge is 2.30. The maximum atomic E-state index is 10.9. The maximum absolute atomic E-state index is 10.9. The monoisotopic (exact) mass is 242 g/mol. The highest BCUT2D eigenvalue weighted by Crippen LogP contribution is 2.28. The van der Waals surface area contributed by atoms with Gasteiger partial charge in [0, 0.05) is 17.1 Å². The fraction of sp³-hybridized carbons (Fsp3) is 0.636. The molecule has 4 nitrogen and oxygen atoms in total. The zero-order valence-electron chi connectivity index (χ0n) is 10.1. The van der Waals surface area contributed by atoms with Crippen molar-refractivity contribution in [3.05, 3.63) is 16.6 Å². The first kappa shape index (κ1) is 13.1. The number of hydrogen-bond donors (Lipinski definition) is 1. The fourth-order valence-electron chi connectivity index (χ4n) is 1.67. The Labute approximate surface area is 99.9 Å². The zero-order valence-corrected chi connectivity index (χ0v) is 10.9. The van der Waals surface area contributed by atoms with Crippen LogP contribution < -0.4 is 0 Å².